The van der Waals surface area contributed by atoms with E-state index in [1.165, 1.54) is 5.56 Å². The van der Waals surface area contributed by atoms with Crippen LogP contribution in [0.1, 0.15) is 36.3 Å². The number of amides is 1. The number of hydrogen-bond acceptors (Lipinski definition) is 3. The number of aryl methyl sites for hydroxylation is 2. The van der Waals surface area contributed by atoms with Crippen LogP contribution >= 0.6 is 0 Å². The van der Waals surface area contributed by atoms with Gasteiger partial charge in [-0.25, -0.2) is 4.98 Å². The van der Waals surface area contributed by atoms with Crippen molar-refractivity contribution in [1.29, 1.82) is 0 Å². The number of nitrogens with one attached hydrogen (secondary N) is 1. The highest BCUT2D eigenvalue weighted by atomic mass is 16.2. The van der Waals surface area contributed by atoms with Gasteiger partial charge in [-0.3, -0.25) is 9.69 Å². The van der Waals surface area contributed by atoms with Gasteiger partial charge in [-0.15, -0.1) is 0 Å². The zero-order valence-corrected chi connectivity index (χ0v) is 14.8. The van der Waals surface area contributed by atoms with Crippen LogP contribution in [0.25, 0.3) is 0 Å². The van der Waals surface area contributed by atoms with Gasteiger partial charge < -0.3 is 9.88 Å². The number of likely N-dealkylation sites (tertiary alicyclic amines) is 1. The molecule has 3 heterocycles. The summed E-state index contributed by atoms with van der Waals surface area (Å²) in [5, 5.41) is 3.30. The molecule has 2 aromatic rings. The minimum atomic E-state index is 0.00567. The lowest BCUT2D eigenvalue weighted by Gasteiger charge is -2.29. The van der Waals surface area contributed by atoms with E-state index in [2.05, 4.69) is 50.2 Å². The molecule has 25 heavy (non-hydrogen) atoms. The van der Waals surface area contributed by atoms with Crippen LogP contribution in [-0.2, 0) is 24.3 Å². The monoisotopic (exact) mass is 338 g/mol. The smallest absolute Gasteiger partial charge is 0.237 e. The number of nitrogens with zero attached hydrogens (tertiary/aromatic N) is 3. The second kappa shape index (κ2) is 7.00. The van der Waals surface area contributed by atoms with Crippen molar-refractivity contribution in [2.45, 2.75) is 57.8 Å². The first-order valence-electron chi connectivity index (χ1n) is 9.30. The van der Waals surface area contributed by atoms with Gasteiger partial charge in [0.05, 0.1) is 11.7 Å². The molecule has 1 aromatic carbocycles. The van der Waals surface area contributed by atoms with Gasteiger partial charge in [0.1, 0.15) is 5.82 Å². The van der Waals surface area contributed by atoms with Gasteiger partial charge >= 0.3 is 0 Å². The van der Waals surface area contributed by atoms with E-state index >= 15 is 0 Å². The van der Waals surface area contributed by atoms with Gasteiger partial charge in [-0.05, 0) is 38.3 Å². The molecule has 1 fully saturated rings. The average Bonchev–Trinajstić information content (AvgIpc) is 3.21. The summed E-state index contributed by atoms with van der Waals surface area (Å²) in [5.41, 5.74) is 2.34. The predicted molar refractivity (Wildman–Crippen MR) is 97.1 cm³/mol. The number of imidazole rings is 1. The summed E-state index contributed by atoms with van der Waals surface area (Å²) in [6.07, 6.45) is 6.07. The second-order valence-electron chi connectivity index (χ2n) is 7.31. The zero-order chi connectivity index (χ0) is 17.2. The first kappa shape index (κ1) is 16.3. The highest BCUT2D eigenvalue weighted by Crippen LogP contribution is 2.21. The Hall–Kier alpha value is -2.14. The van der Waals surface area contributed by atoms with Crippen molar-refractivity contribution in [3.05, 3.63) is 53.6 Å². The number of benzene rings is 1. The molecular formula is C20H26N4O. The molecule has 2 aliphatic heterocycles. The molecule has 0 aliphatic carbocycles. The quantitative estimate of drug-likeness (QED) is 0.930. The molecule has 2 atom stereocenters. The molecule has 4 rings (SSSR count). The van der Waals surface area contributed by atoms with Crippen molar-refractivity contribution in [1.82, 2.24) is 19.8 Å². The number of fused-ring (bicyclic) bond motifs is 1. The maximum Gasteiger partial charge on any atom is 0.237 e. The van der Waals surface area contributed by atoms with Crippen molar-refractivity contribution in [3.8, 4) is 0 Å². The lowest BCUT2D eigenvalue weighted by Crippen LogP contribution is -2.49. The van der Waals surface area contributed by atoms with Crippen molar-refractivity contribution < 1.29 is 4.79 Å². The minimum absolute atomic E-state index is 0.00567. The molecule has 0 radical (unpaired) electrons. The SMILES string of the molecule is Cc1cn2c(n1)CCC(NC(=O)C1CCCN1Cc1ccccc1)C2. The summed E-state index contributed by atoms with van der Waals surface area (Å²) in [7, 11) is 0. The van der Waals surface area contributed by atoms with Crippen molar-refractivity contribution in [2.75, 3.05) is 6.54 Å². The molecular weight excluding hydrogens is 312 g/mol. The fraction of sp³-hybridized carbons (Fsp3) is 0.500. The highest BCUT2D eigenvalue weighted by Gasteiger charge is 2.32. The van der Waals surface area contributed by atoms with Crippen LogP contribution in [0.2, 0.25) is 0 Å². The first-order valence-corrected chi connectivity index (χ1v) is 9.30. The third-order valence-corrected chi connectivity index (χ3v) is 5.35. The standard InChI is InChI=1S/C20H26N4O/c1-15-12-24-14-17(9-10-19(24)21-15)22-20(25)18-8-5-11-23(18)13-16-6-3-2-4-7-16/h2-4,6-7,12,17-18H,5,8-11,13-14H2,1H3,(H,22,25). The number of carbonyl (C=O) groups excluding carboxylic acids is 1. The van der Waals surface area contributed by atoms with Crippen molar-refractivity contribution in [2.24, 2.45) is 0 Å². The van der Waals surface area contributed by atoms with Crippen LogP contribution < -0.4 is 5.32 Å². The Balaban J connectivity index is 1.37. The van der Waals surface area contributed by atoms with E-state index in [1.54, 1.807) is 0 Å². The van der Waals surface area contributed by atoms with E-state index in [9.17, 15) is 4.79 Å². The maximum absolute atomic E-state index is 12.9. The van der Waals surface area contributed by atoms with E-state index in [4.69, 9.17) is 0 Å². The number of hydrogen-bond donors (Lipinski definition) is 1. The van der Waals surface area contributed by atoms with Gasteiger partial charge in [0.2, 0.25) is 5.91 Å². The van der Waals surface area contributed by atoms with Gasteiger partial charge in [-0.2, -0.15) is 0 Å². The summed E-state index contributed by atoms with van der Waals surface area (Å²) >= 11 is 0. The Morgan fingerprint density at radius 3 is 2.96 bits per heavy atom. The Kier molecular flexibility index (Phi) is 4.57. The minimum Gasteiger partial charge on any atom is -0.350 e. The van der Waals surface area contributed by atoms with Crippen LogP contribution in [0.4, 0.5) is 0 Å². The summed E-state index contributed by atoms with van der Waals surface area (Å²) in [6.45, 7) is 4.73. The molecule has 132 valence electrons. The van der Waals surface area contributed by atoms with E-state index in [-0.39, 0.29) is 18.0 Å². The molecule has 0 saturated carbocycles. The van der Waals surface area contributed by atoms with Crippen molar-refractivity contribution in [3.63, 3.8) is 0 Å². The maximum atomic E-state index is 12.9. The Morgan fingerprint density at radius 1 is 1.28 bits per heavy atom. The molecule has 5 nitrogen and oxygen atoms in total. The molecule has 2 aliphatic rings. The first-order chi connectivity index (χ1) is 12.2. The predicted octanol–water partition coefficient (Wildman–Crippen LogP) is 2.29. The third kappa shape index (κ3) is 3.61. The third-order valence-electron chi connectivity index (χ3n) is 5.35. The van der Waals surface area contributed by atoms with Crippen LogP contribution in [0.5, 0.6) is 0 Å². The van der Waals surface area contributed by atoms with Gasteiger partial charge in [0.25, 0.3) is 0 Å². The fourth-order valence-corrected chi connectivity index (χ4v) is 4.13. The topological polar surface area (TPSA) is 50.2 Å². The highest BCUT2D eigenvalue weighted by molar-refractivity contribution is 5.82. The largest absolute Gasteiger partial charge is 0.350 e. The molecule has 2 unspecified atom stereocenters. The molecule has 0 bridgehead atoms. The van der Waals surface area contributed by atoms with E-state index in [1.807, 2.05) is 13.0 Å². The average molecular weight is 338 g/mol. The van der Waals surface area contributed by atoms with Crippen molar-refractivity contribution >= 4 is 5.91 Å². The lowest BCUT2D eigenvalue weighted by atomic mass is 10.1. The summed E-state index contributed by atoms with van der Waals surface area (Å²) in [6, 6.07) is 10.7. The Morgan fingerprint density at radius 2 is 2.12 bits per heavy atom. The van der Waals surface area contributed by atoms with E-state index < -0.39 is 0 Å². The van der Waals surface area contributed by atoms with Crippen LogP contribution in [0.3, 0.4) is 0 Å². The van der Waals surface area contributed by atoms with Gasteiger partial charge in [0.15, 0.2) is 0 Å². The molecule has 1 N–H and O–H groups in total. The Bertz CT molecular complexity index is 739. The molecule has 5 heteroatoms. The van der Waals surface area contributed by atoms with E-state index in [0.29, 0.717) is 0 Å². The summed E-state index contributed by atoms with van der Waals surface area (Å²) in [4.78, 5) is 19.7. The summed E-state index contributed by atoms with van der Waals surface area (Å²) in [5.74, 6) is 1.34. The van der Waals surface area contributed by atoms with E-state index in [0.717, 1.165) is 56.8 Å². The molecule has 1 saturated heterocycles. The second-order valence-corrected chi connectivity index (χ2v) is 7.31. The number of aromatic nitrogens is 2. The van der Waals surface area contributed by atoms with Crippen LogP contribution in [-0.4, -0.2) is 39.0 Å². The summed E-state index contributed by atoms with van der Waals surface area (Å²) < 4.78 is 2.19. The molecule has 0 spiro atoms. The van der Waals surface area contributed by atoms with Gasteiger partial charge in [-0.1, -0.05) is 30.3 Å². The van der Waals surface area contributed by atoms with Gasteiger partial charge in [0, 0.05) is 31.7 Å². The van der Waals surface area contributed by atoms with Crippen LogP contribution in [0.15, 0.2) is 36.5 Å². The number of rotatable bonds is 4. The normalized spacial score (nSPS) is 23.4. The number of carbonyl (C=O) groups is 1. The van der Waals surface area contributed by atoms with Crippen LogP contribution in [0, 0.1) is 6.92 Å². The Labute approximate surface area is 149 Å². The molecule has 1 aromatic heterocycles. The lowest BCUT2D eigenvalue weighted by molar-refractivity contribution is -0.126. The zero-order valence-electron chi connectivity index (χ0n) is 14.8. The fourth-order valence-electron chi connectivity index (χ4n) is 4.13. The molecule has 1 amide bonds.